The van der Waals surface area contributed by atoms with Crippen LogP contribution in [0, 0.1) is 31.6 Å². The van der Waals surface area contributed by atoms with Crippen molar-refractivity contribution in [3.05, 3.63) is 42.0 Å². The van der Waals surface area contributed by atoms with Crippen LogP contribution in [0.1, 0.15) is 37.8 Å². The summed E-state index contributed by atoms with van der Waals surface area (Å²) in [6.45, 7) is 11.5. The maximum absolute atomic E-state index is 14.5. The zero-order valence-electron chi connectivity index (χ0n) is 21.2. The summed E-state index contributed by atoms with van der Waals surface area (Å²) in [4.78, 5) is 43.6. The SMILES string of the molecule is C=CCN(C(=O)C1N([C@@H](CO)CC(C)C)C(=O)[C@@H]2[C@@H](C(=O)O)[C@@H]3OC12CC3Br)c1cc(C)ccc1C. The fourth-order valence-corrected chi connectivity index (χ4v) is 7.38. The maximum atomic E-state index is 14.5. The van der Waals surface area contributed by atoms with Gasteiger partial charge in [-0.15, -0.1) is 6.58 Å². The number of carboxylic acids is 1. The van der Waals surface area contributed by atoms with Crippen LogP contribution in [0.3, 0.4) is 0 Å². The number of carbonyl (C=O) groups excluding carboxylic acids is 2. The molecular formula is C27H35BrN2O6. The Kier molecular flexibility index (Phi) is 7.38. The predicted molar refractivity (Wildman–Crippen MR) is 139 cm³/mol. The van der Waals surface area contributed by atoms with Crippen LogP contribution in [0.25, 0.3) is 0 Å². The molecule has 3 fully saturated rings. The molecule has 0 radical (unpaired) electrons. The van der Waals surface area contributed by atoms with Crippen molar-refractivity contribution in [1.82, 2.24) is 4.90 Å². The summed E-state index contributed by atoms with van der Waals surface area (Å²) in [5, 5.41) is 20.4. The molecule has 3 saturated heterocycles. The molecule has 3 aliphatic rings. The summed E-state index contributed by atoms with van der Waals surface area (Å²) < 4.78 is 6.38. The van der Waals surface area contributed by atoms with E-state index in [1.807, 2.05) is 45.9 Å². The molecule has 4 rings (SSSR count). The topological polar surface area (TPSA) is 107 Å². The Hall–Kier alpha value is -2.23. The van der Waals surface area contributed by atoms with Crippen molar-refractivity contribution in [2.24, 2.45) is 17.8 Å². The van der Waals surface area contributed by atoms with E-state index in [9.17, 15) is 24.6 Å². The van der Waals surface area contributed by atoms with Gasteiger partial charge in [0.15, 0.2) is 0 Å². The fourth-order valence-electron chi connectivity index (χ4n) is 6.44. The minimum Gasteiger partial charge on any atom is -0.481 e. The molecule has 1 aromatic carbocycles. The molecule has 3 aliphatic heterocycles. The highest BCUT2D eigenvalue weighted by atomic mass is 79.9. The van der Waals surface area contributed by atoms with Crippen molar-refractivity contribution < 1.29 is 29.3 Å². The quantitative estimate of drug-likeness (QED) is 0.354. The van der Waals surface area contributed by atoms with E-state index < -0.39 is 47.5 Å². The van der Waals surface area contributed by atoms with E-state index in [0.29, 0.717) is 18.5 Å². The Balaban J connectivity index is 1.88. The molecule has 2 amide bonds. The smallest absolute Gasteiger partial charge is 0.310 e. The summed E-state index contributed by atoms with van der Waals surface area (Å²) in [5.41, 5.74) is 1.28. The number of hydrogen-bond donors (Lipinski definition) is 2. The minimum absolute atomic E-state index is 0.142. The number of nitrogens with zero attached hydrogens (tertiary/aromatic N) is 2. The molecule has 0 aliphatic carbocycles. The van der Waals surface area contributed by atoms with Gasteiger partial charge < -0.3 is 24.7 Å². The van der Waals surface area contributed by atoms with Gasteiger partial charge in [0.1, 0.15) is 11.6 Å². The van der Waals surface area contributed by atoms with E-state index in [-0.39, 0.29) is 29.8 Å². The van der Waals surface area contributed by atoms with Crippen LogP contribution in [0.5, 0.6) is 0 Å². The molecule has 1 aromatic rings. The molecule has 1 spiro atoms. The first kappa shape index (κ1) is 26.8. The Morgan fingerprint density at radius 1 is 1.36 bits per heavy atom. The zero-order valence-corrected chi connectivity index (χ0v) is 22.8. The Bertz CT molecular complexity index is 1080. The van der Waals surface area contributed by atoms with Gasteiger partial charge in [-0.3, -0.25) is 14.4 Å². The summed E-state index contributed by atoms with van der Waals surface area (Å²) in [6, 6.07) is 4.12. The molecule has 196 valence electrons. The zero-order chi connectivity index (χ0) is 26.5. The lowest BCUT2D eigenvalue weighted by Gasteiger charge is -2.40. The maximum Gasteiger partial charge on any atom is 0.310 e. The normalized spacial score (nSPS) is 31.6. The van der Waals surface area contributed by atoms with E-state index in [1.165, 1.54) is 4.90 Å². The van der Waals surface area contributed by atoms with Crippen LogP contribution in [-0.2, 0) is 19.1 Å². The van der Waals surface area contributed by atoms with Gasteiger partial charge in [-0.05, 0) is 49.8 Å². The van der Waals surface area contributed by atoms with Gasteiger partial charge in [0.25, 0.3) is 5.91 Å². The second kappa shape index (κ2) is 9.91. The number of fused-ring (bicyclic) bond motifs is 1. The number of carboxylic acid groups (broad SMARTS) is 1. The molecule has 36 heavy (non-hydrogen) atoms. The third kappa shape index (κ3) is 4.09. The number of hydrogen-bond acceptors (Lipinski definition) is 5. The summed E-state index contributed by atoms with van der Waals surface area (Å²) in [5.74, 6) is -3.81. The van der Waals surface area contributed by atoms with Crippen molar-refractivity contribution in [2.45, 2.75) is 69.2 Å². The lowest BCUT2D eigenvalue weighted by atomic mass is 9.70. The van der Waals surface area contributed by atoms with Crippen LogP contribution in [0.15, 0.2) is 30.9 Å². The molecular weight excluding hydrogens is 528 g/mol. The second-order valence-corrected chi connectivity index (χ2v) is 11.9. The molecule has 0 aromatic heterocycles. The van der Waals surface area contributed by atoms with E-state index >= 15 is 0 Å². The Morgan fingerprint density at radius 3 is 2.64 bits per heavy atom. The van der Waals surface area contributed by atoms with Gasteiger partial charge in [0.2, 0.25) is 5.91 Å². The van der Waals surface area contributed by atoms with Crippen LogP contribution in [0.2, 0.25) is 0 Å². The van der Waals surface area contributed by atoms with Gasteiger partial charge in [-0.25, -0.2) is 0 Å². The standard InChI is InChI=1S/C27H35BrN2O6/c1-6-9-29(19-11-15(4)7-8-16(19)5)25(33)23-27-12-18(28)22(36-27)20(26(34)35)21(27)24(32)30(23)17(13-31)10-14(2)3/h6-8,11,14,17-18,20-23,31H,1,9-10,12-13H2,2-5H3,(H,34,35)/t17-,18?,20-,21+,22-,23?,27?/m1/s1. The highest BCUT2D eigenvalue weighted by molar-refractivity contribution is 9.09. The van der Waals surface area contributed by atoms with E-state index in [0.717, 1.165) is 11.1 Å². The van der Waals surface area contributed by atoms with Gasteiger partial charge in [-0.1, -0.05) is 48.0 Å². The number of amides is 2. The molecule has 3 unspecified atom stereocenters. The minimum atomic E-state index is -1.29. The number of likely N-dealkylation sites (tertiary alicyclic amines) is 1. The van der Waals surface area contributed by atoms with Crippen LogP contribution < -0.4 is 4.90 Å². The summed E-state index contributed by atoms with van der Waals surface area (Å²) in [6.07, 6.45) is 1.73. The van der Waals surface area contributed by atoms with Crippen LogP contribution >= 0.6 is 15.9 Å². The first-order valence-corrected chi connectivity index (χ1v) is 13.4. The Morgan fingerprint density at radius 2 is 2.06 bits per heavy atom. The van der Waals surface area contributed by atoms with Crippen molar-refractivity contribution in [1.29, 1.82) is 0 Å². The summed E-state index contributed by atoms with van der Waals surface area (Å²) >= 11 is 3.57. The van der Waals surface area contributed by atoms with E-state index in [4.69, 9.17) is 4.74 Å². The van der Waals surface area contributed by atoms with Crippen molar-refractivity contribution in [2.75, 3.05) is 18.1 Å². The van der Waals surface area contributed by atoms with Gasteiger partial charge in [0, 0.05) is 17.1 Å². The fraction of sp³-hybridized carbons (Fsp3) is 0.593. The number of anilines is 1. The Labute approximate surface area is 220 Å². The van der Waals surface area contributed by atoms with Gasteiger partial charge in [-0.2, -0.15) is 0 Å². The molecule has 3 heterocycles. The number of aliphatic hydroxyl groups excluding tert-OH is 1. The molecule has 8 nitrogen and oxygen atoms in total. The molecule has 0 saturated carbocycles. The third-order valence-corrected chi connectivity index (χ3v) is 8.67. The lowest BCUT2D eigenvalue weighted by Crippen LogP contribution is -2.59. The number of benzene rings is 1. The van der Waals surface area contributed by atoms with Crippen molar-refractivity contribution >= 4 is 39.4 Å². The number of rotatable bonds is 9. The molecule has 2 bridgehead atoms. The number of aliphatic carboxylic acids is 1. The number of alkyl halides is 1. The largest absolute Gasteiger partial charge is 0.481 e. The number of halogens is 1. The average molecular weight is 563 g/mol. The number of aliphatic hydroxyl groups is 1. The second-order valence-electron chi connectivity index (χ2n) is 10.7. The van der Waals surface area contributed by atoms with E-state index in [2.05, 4.69) is 22.5 Å². The van der Waals surface area contributed by atoms with E-state index in [1.54, 1.807) is 11.0 Å². The monoisotopic (exact) mass is 562 g/mol. The summed E-state index contributed by atoms with van der Waals surface area (Å²) in [7, 11) is 0. The first-order valence-electron chi connectivity index (χ1n) is 12.5. The highest BCUT2D eigenvalue weighted by Gasteiger charge is 2.77. The molecule has 2 N–H and O–H groups in total. The predicted octanol–water partition coefficient (Wildman–Crippen LogP) is 3.06. The van der Waals surface area contributed by atoms with Gasteiger partial charge in [0.05, 0.1) is 30.6 Å². The highest BCUT2D eigenvalue weighted by Crippen LogP contribution is 2.60. The lowest BCUT2D eigenvalue weighted by molar-refractivity contribution is -0.151. The first-order chi connectivity index (χ1) is 17.0. The average Bonchev–Trinajstić information content (AvgIpc) is 3.40. The van der Waals surface area contributed by atoms with Crippen LogP contribution in [-0.4, -0.2) is 74.7 Å². The number of ether oxygens (including phenoxy) is 1. The van der Waals surface area contributed by atoms with Gasteiger partial charge >= 0.3 is 5.97 Å². The molecule has 9 heteroatoms. The number of carbonyl (C=O) groups is 3. The molecule has 7 atom stereocenters. The van der Waals surface area contributed by atoms with Crippen molar-refractivity contribution in [3.8, 4) is 0 Å². The van der Waals surface area contributed by atoms with Crippen LogP contribution in [0.4, 0.5) is 5.69 Å². The number of aryl methyl sites for hydroxylation is 2. The van der Waals surface area contributed by atoms with Crippen molar-refractivity contribution in [3.63, 3.8) is 0 Å². The third-order valence-electron chi connectivity index (χ3n) is 7.83.